The molecular formula is C25H38N4O5. The highest BCUT2D eigenvalue weighted by atomic mass is 16.6. The number of esters is 1. The minimum atomic E-state index is -0.545. The van der Waals surface area contributed by atoms with Gasteiger partial charge in [0.05, 0.1) is 24.5 Å². The molecule has 0 aromatic carbocycles. The fourth-order valence-electron chi connectivity index (χ4n) is 5.18. The molecular weight excluding hydrogens is 436 g/mol. The number of aryl methyl sites for hydroxylation is 1. The number of ether oxygens (including phenoxy) is 3. The molecule has 2 aliphatic carbocycles. The van der Waals surface area contributed by atoms with Crippen LogP contribution in [0.1, 0.15) is 82.4 Å². The second kappa shape index (κ2) is 9.68. The van der Waals surface area contributed by atoms with Crippen LogP contribution in [-0.2, 0) is 14.2 Å². The van der Waals surface area contributed by atoms with Crippen molar-refractivity contribution >= 4 is 17.9 Å². The Bertz CT molecular complexity index is 903. The first kappa shape index (κ1) is 24.7. The van der Waals surface area contributed by atoms with Crippen LogP contribution >= 0.6 is 0 Å². The van der Waals surface area contributed by atoms with Crippen LogP contribution < -0.4 is 10.2 Å². The van der Waals surface area contributed by atoms with Crippen LogP contribution in [0.25, 0.3) is 0 Å². The van der Waals surface area contributed by atoms with E-state index in [0.29, 0.717) is 25.0 Å². The molecule has 1 aliphatic heterocycles. The topological polar surface area (TPSA) is 103 Å². The van der Waals surface area contributed by atoms with Crippen molar-refractivity contribution in [2.45, 2.75) is 97.0 Å². The number of piperidine rings is 1. The van der Waals surface area contributed by atoms with Crippen molar-refractivity contribution in [1.29, 1.82) is 0 Å². The number of amides is 1. The number of nitrogens with zero attached hydrogens (tertiary/aromatic N) is 3. The lowest BCUT2D eigenvalue weighted by Gasteiger charge is -2.43. The normalized spacial score (nSPS) is 24.2. The number of nitrogens with one attached hydrogen (secondary N) is 1. The van der Waals surface area contributed by atoms with E-state index in [4.69, 9.17) is 14.2 Å². The minimum absolute atomic E-state index is 0.0126. The van der Waals surface area contributed by atoms with Gasteiger partial charge >= 0.3 is 12.1 Å². The molecule has 1 spiro atoms. The van der Waals surface area contributed by atoms with E-state index in [1.165, 1.54) is 0 Å². The highest BCUT2D eigenvalue weighted by molar-refractivity contribution is 5.92. The third-order valence-corrected chi connectivity index (χ3v) is 6.87. The van der Waals surface area contributed by atoms with Crippen molar-refractivity contribution in [2.24, 2.45) is 5.41 Å². The summed E-state index contributed by atoms with van der Waals surface area (Å²) in [5.41, 5.74) is 0.393. The lowest BCUT2D eigenvalue weighted by atomic mass is 9.74. The Labute approximate surface area is 201 Å². The van der Waals surface area contributed by atoms with E-state index in [1.54, 1.807) is 13.1 Å². The third kappa shape index (κ3) is 5.79. The molecule has 34 heavy (non-hydrogen) atoms. The van der Waals surface area contributed by atoms with Gasteiger partial charge in [0.2, 0.25) is 0 Å². The van der Waals surface area contributed by atoms with Gasteiger partial charge in [-0.3, -0.25) is 0 Å². The SMILES string of the molecule is CCOC(=O)c1ncc(C)nc1N1CCC2(CC1)C[C@@H](OC1CC1)C[C@H]2NC(=O)OC(C)(C)C. The van der Waals surface area contributed by atoms with Crippen molar-refractivity contribution < 1.29 is 23.8 Å². The monoisotopic (exact) mass is 474 g/mol. The minimum Gasteiger partial charge on any atom is -0.461 e. The molecule has 2 saturated carbocycles. The van der Waals surface area contributed by atoms with Gasteiger partial charge in [0, 0.05) is 25.3 Å². The highest BCUT2D eigenvalue weighted by Gasteiger charge is 2.51. The standard InChI is InChI=1S/C25H38N4O5/c1-6-32-22(30)20-21(27-16(2)15-26-20)29-11-9-25(10-12-29)14-18(33-17-7-8-17)13-19(25)28-23(31)34-24(3,4)5/h15,17-19H,6-14H2,1-5H3,(H,28,31)/t18-,19+/m0/s1. The molecule has 3 aliphatic rings. The first-order valence-electron chi connectivity index (χ1n) is 12.5. The molecule has 9 heteroatoms. The Balaban J connectivity index is 1.49. The van der Waals surface area contributed by atoms with E-state index in [-0.39, 0.29) is 36.0 Å². The predicted molar refractivity (Wildman–Crippen MR) is 127 cm³/mol. The highest BCUT2D eigenvalue weighted by Crippen LogP contribution is 2.49. The number of hydrogen-bond donors (Lipinski definition) is 1. The summed E-state index contributed by atoms with van der Waals surface area (Å²) in [6.07, 6.45) is 7.43. The molecule has 4 rings (SSSR count). The van der Waals surface area contributed by atoms with Gasteiger partial charge in [-0.05, 0) is 78.6 Å². The summed E-state index contributed by atoms with van der Waals surface area (Å²) >= 11 is 0. The van der Waals surface area contributed by atoms with E-state index in [0.717, 1.165) is 44.2 Å². The Morgan fingerprint density at radius 2 is 1.91 bits per heavy atom. The molecule has 1 amide bonds. The van der Waals surface area contributed by atoms with Crippen LogP contribution in [0.15, 0.2) is 6.20 Å². The molecule has 3 fully saturated rings. The summed E-state index contributed by atoms with van der Waals surface area (Å²) in [4.78, 5) is 36.2. The molecule has 9 nitrogen and oxygen atoms in total. The largest absolute Gasteiger partial charge is 0.461 e. The van der Waals surface area contributed by atoms with E-state index >= 15 is 0 Å². The maximum atomic E-state index is 12.6. The van der Waals surface area contributed by atoms with E-state index in [2.05, 4.69) is 20.2 Å². The molecule has 1 aromatic rings. The van der Waals surface area contributed by atoms with Gasteiger partial charge in [0.25, 0.3) is 0 Å². The molecule has 0 bridgehead atoms. The lowest BCUT2D eigenvalue weighted by Crippen LogP contribution is -2.51. The number of alkyl carbamates (subject to hydrolysis) is 1. The quantitative estimate of drug-likeness (QED) is 0.622. The number of aromatic nitrogens is 2. The number of carbonyl (C=O) groups is 2. The Morgan fingerprint density at radius 3 is 2.53 bits per heavy atom. The molecule has 2 heterocycles. The van der Waals surface area contributed by atoms with Gasteiger partial charge in [-0.1, -0.05) is 0 Å². The van der Waals surface area contributed by atoms with Crippen molar-refractivity contribution in [3.63, 3.8) is 0 Å². The van der Waals surface area contributed by atoms with Gasteiger partial charge in [-0.15, -0.1) is 0 Å². The van der Waals surface area contributed by atoms with E-state index in [9.17, 15) is 9.59 Å². The summed E-state index contributed by atoms with van der Waals surface area (Å²) in [6, 6.07) is -0.0126. The smallest absolute Gasteiger partial charge is 0.407 e. The summed E-state index contributed by atoms with van der Waals surface area (Å²) in [5, 5.41) is 3.17. The van der Waals surface area contributed by atoms with Gasteiger partial charge in [-0.25, -0.2) is 19.6 Å². The van der Waals surface area contributed by atoms with Crippen LogP contribution in [0.4, 0.5) is 10.6 Å². The van der Waals surface area contributed by atoms with E-state index < -0.39 is 11.6 Å². The zero-order valence-electron chi connectivity index (χ0n) is 21.1. The Hall–Kier alpha value is -2.42. The maximum Gasteiger partial charge on any atom is 0.407 e. The fraction of sp³-hybridized carbons (Fsp3) is 0.760. The fourth-order valence-corrected chi connectivity index (χ4v) is 5.18. The van der Waals surface area contributed by atoms with Crippen LogP contribution in [0.5, 0.6) is 0 Å². The average molecular weight is 475 g/mol. The van der Waals surface area contributed by atoms with Gasteiger partial charge in [-0.2, -0.15) is 0 Å². The van der Waals surface area contributed by atoms with Crippen molar-refractivity contribution in [3.8, 4) is 0 Å². The molecule has 188 valence electrons. The maximum absolute atomic E-state index is 12.6. The van der Waals surface area contributed by atoms with Gasteiger partial charge < -0.3 is 24.4 Å². The third-order valence-electron chi connectivity index (χ3n) is 6.87. The second-order valence-corrected chi connectivity index (χ2v) is 10.8. The molecule has 0 unspecified atom stereocenters. The van der Waals surface area contributed by atoms with Gasteiger partial charge in [0.15, 0.2) is 11.5 Å². The molecule has 1 N–H and O–H groups in total. The number of hydrogen-bond acceptors (Lipinski definition) is 8. The van der Waals surface area contributed by atoms with Crippen molar-refractivity contribution in [1.82, 2.24) is 15.3 Å². The predicted octanol–water partition coefficient (Wildman–Crippen LogP) is 3.78. The number of rotatable bonds is 6. The van der Waals surface area contributed by atoms with Crippen LogP contribution in [-0.4, -0.2) is 65.6 Å². The number of anilines is 1. The first-order valence-corrected chi connectivity index (χ1v) is 12.5. The van der Waals surface area contributed by atoms with Crippen LogP contribution in [0.2, 0.25) is 0 Å². The Morgan fingerprint density at radius 1 is 1.21 bits per heavy atom. The molecule has 0 radical (unpaired) electrons. The van der Waals surface area contributed by atoms with Crippen molar-refractivity contribution in [3.05, 3.63) is 17.6 Å². The lowest BCUT2D eigenvalue weighted by molar-refractivity contribution is 0.0333. The summed E-state index contributed by atoms with van der Waals surface area (Å²) in [5.74, 6) is 0.127. The zero-order valence-corrected chi connectivity index (χ0v) is 21.1. The van der Waals surface area contributed by atoms with Crippen LogP contribution in [0.3, 0.4) is 0 Å². The second-order valence-electron chi connectivity index (χ2n) is 10.8. The van der Waals surface area contributed by atoms with E-state index in [1.807, 2.05) is 27.7 Å². The summed E-state index contributed by atoms with van der Waals surface area (Å²) in [6.45, 7) is 11.0. The average Bonchev–Trinajstić information content (AvgIpc) is 3.50. The summed E-state index contributed by atoms with van der Waals surface area (Å²) < 4.78 is 17.0. The zero-order chi connectivity index (χ0) is 24.5. The van der Waals surface area contributed by atoms with Crippen molar-refractivity contribution in [2.75, 3.05) is 24.6 Å². The van der Waals surface area contributed by atoms with Gasteiger partial charge in [0.1, 0.15) is 5.60 Å². The molecule has 2 atom stereocenters. The number of carbonyl (C=O) groups excluding carboxylic acids is 2. The summed E-state index contributed by atoms with van der Waals surface area (Å²) in [7, 11) is 0. The molecule has 1 aromatic heterocycles. The van der Waals surface area contributed by atoms with Crippen LogP contribution in [0, 0.1) is 12.3 Å². The molecule has 1 saturated heterocycles. The first-order chi connectivity index (χ1) is 16.1. The Kier molecular flexibility index (Phi) is 7.03.